The molecule has 4 nitrogen and oxygen atoms in total. The van der Waals surface area contributed by atoms with Crippen molar-refractivity contribution in [3.05, 3.63) is 46.5 Å². The second-order valence-electron chi connectivity index (χ2n) is 5.40. The molecule has 0 amide bonds. The maximum absolute atomic E-state index is 5.88. The van der Waals surface area contributed by atoms with E-state index in [0.717, 1.165) is 42.6 Å². The average Bonchev–Trinajstić information content (AvgIpc) is 2.76. The maximum atomic E-state index is 5.88. The van der Waals surface area contributed by atoms with Crippen molar-refractivity contribution in [1.82, 2.24) is 14.9 Å². The van der Waals surface area contributed by atoms with E-state index in [1.165, 1.54) is 11.3 Å². The van der Waals surface area contributed by atoms with E-state index in [1.807, 2.05) is 25.6 Å². The Bertz CT molecular complexity index is 611. The molecule has 5 heteroatoms. The van der Waals surface area contributed by atoms with Crippen LogP contribution in [0.15, 0.2) is 35.2 Å². The van der Waals surface area contributed by atoms with Crippen molar-refractivity contribution in [2.75, 3.05) is 13.2 Å². The SMILES string of the molecule is Cn1cncc1CCNC1CCCOc2c(Br)cccc21. The van der Waals surface area contributed by atoms with Gasteiger partial charge in [-0.2, -0.15) is 0 Å². The zero-order chi connectivity index (χ0) is 14.7. The third-order valence-electron chi connectivity index (χ3n) is 3.94. The van der Waals surface area contributed by atoms with Gasteiger partial charge in [-0.05, 0) is 34.8 Å². The minimum Gasteiger partial charge on any atom is -0.492 e. The molecule has 1 N–H and O–H groups in total. The van der Waals surface area contributed by atoms with Gasteiger partial charge in [0.2, 0.25) is 0 Å². The molecule has 0 aliphatic carbocycles. The van der Waals surface area contributed by atoms with Crippen LogP contribution in [0.25, 0.3) is 0 Å². The highest BCUT2D eigenvalue weighted by molar-refractivity contribution is 9.10. The molecule has 1 aliphatic rings. The van der Waals surface area contributed by atoms with Crippen molar-refractivity contribution < 1.29 is 4.74 Å². The minimum atomic E-state index is 0.355. The first kappa shape index (κ1) is 14.6. The Labute approximate surface area is 133 Å². The Hall–Kier alpha value is -1.33. The molecule has 0 fully saturated rings. The fraction of sp³-hybridized carbons (Fsp3) is 0.438. The van der Waals surface area contributed by atoms with Crippen LogP contribution in [0.5, 0.6) is 5.75 Å². The summed E-state index contributed by atoms with van der Waals surface area (Å²) in [5.74, 6) is 0.994. The number of imidazole rings is 1. The standard InChI is InChI=1S/C16H20BrN3O/c1-20-11-18-10-12(20)7-8-19-15-6-3-9-21-16-13(15)4-2-5-14(16)17/h2,4-5,10-11,15,19H,3,6-9H2,1H3. The third-order valence-corrected chi connectivity index (χ3v) is 4.57. The van der Waals surface area contributed by atoms with Crippen LogP contribution in [0.3, 0.4) is 0 Å². The molecule has 21 heavy (non-hydrogen) atoms. The number of ether oxygens (including phenoxy) is 1. The molecule has 1 aromatic heterocycles. The minimum absolute atomic E-state index is 0.355. The third kappa shape index (κ3) is 3.30. The molecule has 0 saturated heterocycles. The van der Waals surface area contributed by atoms with Crippen LogP contribution in [0, 0.1) is 0 Å². The van der Waals surface area contributed by atoms with Crippen molar-refractivity contribution >= 4 is 15.9 Å². The number of aryl methyl sites for hydroxylation is 1. The molecule has 1 unspecified atom stereocenters. The average molecular weight is 350 g/mol. The molecule has 3 rings (SSSR count). The first-order valence-electron chi connectivity index (χ1n) is 7.35. The van der Waals surface area contributed by atoms with Crippen LogP contribution in [0.1, 0.15) is 30.1 Å². The van der Waals surface area contributed by atoms with Gasteiger partial charge in [-0.3, -0.25) is 0 Å². The molecule has 112 valence electrons. The summed E-state index contributed by atoms with van der Waals surface area (Å²) in [5, 5.41) is 3.67. The lowest BCUT2D eigenvalue weighted by Gasteiger charge is -2.19. The predicted molar refractivity (Wildman–Crippen MR) is 86.5 cm³/mol. The molecule has 2 aromatic rings. The smallest absolute Gasteiger partial charge is 0.138 e. The summed E-state index contributed by atoms with van der Waals surface area (Å²) in [6.07, 6.45) is 6.94. The highest BCUT2D eigenvalue weighted by atomic mass is 79.9. The maximum Gasteiger partial charge on any atom is 0.138 e. The second kappa shape index (κ2) is 6.62. The summed E-state index contributed by atoms with van der Waals surface area (Å²) in [7, 11) is 2.04. The molecule has 2 heterocycles. The molecular formula is C16H20BrN3O. The van der Waals surface area contributed by atoms with Gasteiger partial charge in [0.1, 0.15) is 5.75 Å². The lowest BCUT2D eigenvalue weighted by molar-refractivity contribution is 0.313. The molecule has 1 aliphatic heterocycles. The first-order valence-corrected chi connectivity index (χ1v) is 8.15. The van der Waals surface area contributed by atoms with E-state index in [-0.39, 0.29) is 0 Å². The van der Waals surface area contributed by atoms with Crippen molar-refractivity contribution in [1.29, 1.82) is 0 Å². The van der Waals surface area contributed by atoms with Crippen LogP contribution in [0.4, 0.5) is 0 Å². The van der Waals surface area contributed by atoms with Gasteiger partial charge in [0.15, 0.2) is 0 Å². The van der Waals surface area contributed by atoms with E-state index in [0.29, 0.717) is 6.04 Å². The zero-order valence-corrected chi connectivity index (χ0v) is 13.8. The van der Waals surface area contributed by atoms with Gasteiger partial charge in [0.05, 0.1) is 17.4 Å². The van der Waals surface area contributed by atoms with Crippen LogP contribution in [-0.4, -0.2) is 22.7 Å². The highest BCUT2D eigenvalue weighted by Crippen LogP contribution is 2.36. The number of para-hydroxylation sites is 1. The zero-order valence-electron chi connectivity index (χ0n) is 12.2. The van der Waals surface area contributed by atoms with Gasteiger partial charge in [0, 0.05) is 43.5 Å². The first-order chi connectivity index (χ1) is 10.3. The second-order valence-corrected chi connectivity index (χ2v) is 6.26. The van der Waals surface area contributed by atoms with Crippen LogP contribution < -0.4 is 10.1 Å². The van der Waals surface area contributed by atoms with Gasteiger partial charge >= 0.3 is 0 Å². The number of benzene rings is 1. The van der Waals surface area contributed by atoms with Gasteiger partial charge in [-0.15, -0.1) is 0 Å². The Morgan fingerprint density at radius 1 is 1.48 bits per heavy atom. The Morgan fingerprint density at radius 2 is 2.38 bits per heavy atom. The fourth-order valence-electron chi connectivity index (χ4n) is 2.78. The van der Waals surface area contributed by atoms with Gasteiger partial charge < -0.3 is 14.6 Å². The summed E-state index contributed by atoms with van der Waals surface area (Å²) in [4.78, 5) is 4.16. The summed E-state index contributed by atoms with van der Waals surface area (Å²) in [6, 6.07) is 6.63. The predicted octanol–water partition coefficient (Wildman–Crippen LogP) is 3.23. The van der Waals surface area contributed by atoms with Crippen molar-refractivity contribution in [2.24, 2.45) is 7.05 Å². The van der Waals surface area contributed by atoms with Crippen molar-refractivity contribution in [2.45, 2.75) is 25.3 Å². The summed E-state index contributed by atoms with van der Waals surface area (Å²) in [5.41, 5.74) is 2.51. The van der Waals surface area contributed by atoms with E-state index >= 15 is 0 Å². The van der Waals surface area contributed by atoms with Crippen LogP contribution in [0.2, 0.25) is 0 Å². The molecule has 1 aromatic carbocycles. The quantitative estimate of drug-likeness (QED) is 0.920. The molecular weight excluding hydrogens is 330 g/mol. The molecule has 0 saturated carbocycles. The van der Waals surface area contributed by atoms with Gasteiger partial charge in [0.25, 0.3) is 0 Å². The number of nitrogens with one attached hydrogen (secondary N) is 1. The topological polar surface area (TPSA) is 39.1 Å². The largest absolute Gasteiger partial charge is 0.492 e. The molecule has 0 radical (unpaired) electrons. The summed E-state index contributed by atoms with van der Waals surface area (Å²) in [6.45, 7) is 1.73. The number of hydrogen-bond acceptors (Lipinski definition) is 3. The number of fused-ring (bicyclic) bond motifs is 1. The highest BCUT2D eigenvalue weighted by Gasteiger charge is 2.20. The summed E-state index contributed by atoms with van der Waals surface area (Å²) < 4.78 is 8.99. The normalized spacial score (nSPS) is 17.9. The Morgan fingerprint density at radius 3 is 3.19 bits per heavy atom. The van der Waals surface area contributed by atoms with Crippen LogP contribution in [-0.2, 0) is 13.5 Å². The van der Waals surface area contributed by atoms with E-state index < -0.39 is 0 Å². The lowest BCUT2D eigenvalue weighted by atomic mass is 10.0. The Balaban J connectivity index is 1.68. The van der Waals surface area contributed by atoms with Gasteiger partial charge in [-0.25, -0.2) is 4.98 Å². The molecule has 0 bridgehead atoms. The van der Waals surface area contributed by atoms with E-state index in [1.54, 1.807) is 0 Å². The number of aromatic nitrogens is 2. The van der Waals surface area contributed by atoms with E-state index in [4.69, 9.17) is 4.74 Å². The monoisotopic (exact) mass is 349 g/mol. The molecule has 0 spiro atoms. The Kier molecular flexibility index (Phi) is 4.60. The summed E-state index contributed by atoms with van der Waals surface area (Å²) >= 11 is 3.59. The van der Waals surface area contributed by atoms with Crippen molar-refractivity contribution in [3.63, 3.8) is 0 Å². The fourth-order valence-corrected chi connectivity index (χ4v) is 3.28. The number of nitrogens with zero attached hydrogens (tertiary/aromatic N) is 2. The van der Waals surface area contributed by atoms with Gasteiger partial charge in [-0.1, -0.05) is 12.1 Å². The number of hydrogen-bond donors (Lipinski definition) is 1. The number of rotatable bonds is 4. The lowest BCUT2D eigenvalue weighted by Crippen LogP contribution is -2.24. The van der Waals surface area contributed by atoms with Crippen LogP contribution >= 0.6 is 15.9 Å². The van der Waals surface area contributed by atoms with E-state index in [2.05, 4.69) is 42.9 Å². The molecule has 1 atom stereocenters. The van der Waals surface area contributed by atoms with E-state index in [9.17, 15) is 0 Å². The number of halogens is 1. The van der Waals surface area contributed by atoms with Crippen molar-refractivity contribution in [3.8, 4) is 5.75 Å².